The van der Waals surface area contributed by atoms with Crippen molar-refractivity contribution in [1.29, 1.82) is 0 Å². The van der Waals surface area contributed by atoms with Crippen molar-refractivity contribution >= 4 is 34.1 Å². The second kappa shape index (κ2) is 6.80. The van der Waals surface area contributed by atoms with Gasteiger partial charge in [0.2, 0.25) is 5.91 Å². The topological polar surface area (TPSA) is 59.2 Å². The quantitative estimate of drug-likeness (QED) is 0.644. The molecule has 2 N–H and O–H groups in total. The van der Waals surface area contributed by atoms with Crippen molar-refractivity contribution in [2.45, 2.75) is 25.0 Å². The Kier molecular flexibility index (Phi) is 5.68. The van der Waals surface area contributed by atoms with Crippen molar-refractivity contribution in [3.8, 4) is 0 Å². The first-order valence-corrected chi connectivity index (χ1v) is 7.52. The van der Waals surface area contributed by atoms with Gasteiger partial charge in [-0.15, -0.1) is 11.8 Å². The number of hydrogen-bond donors (Lipinski definition) is 1. The average Bonchev–Trinajstić information content (AvgIpc) is 2.61. The highest BCUT2D eigenvalue weighted by Gasteiger charge is 2.14. The molecule has 0 aliphatic carbocycles. The SMILES string of the molecule is C=C(C)CN(CC)C(=O)CSc1sc(N)nc1C. The number of aryl methyl sites for hydroxylation is 1. The molecule has 0 saturated heterocycles. The fourth-order valence-corrected chi connectivity index (χ4v) is 3.38. The van der Waals surface area contributed by atoms with Crippen LogP contribution in [0.4, 0.5) is 5.13 Å². The van der Waals surface area contributed by atoms with Gasteiger partial charge in [0.1, 0.15) is 0 Å². The maximum Gasteiger partial charge on any atom is 0.233 e. The number of nitrogens with two attached hydrogens (primary N) is 1. The van der Waals surface area contributed by atoms with Crippen molar-refractivity contribution < 1.29 is 4.79 Å². The van der Waals surface area contributed by atoms with Gasteiger partial charge < -0.3 is 10.6 Å². The van der Waals surface area contributed by atoms with Crippen LogP contribution < -0.4 is 5.73 Å². The minimum Gasteiger partial charge on any atom is -0.375 e. The van der Waals surface area contributed by atoms with E-state index < -0.39 is 0 Å². The van der Waals surface area contributed by atoms with Gasteiger partial charge in [0.15, 0.2) is 5.13 Å². The lowest BCUT2D eigenvalue weighted by Gasteiger charge is -2.20. The Balaban J connectivity index is 2.54. The van der Waals surface area contributed by atoms with E-state index in [1.54, 1.807) is 4.90 Å². The van der Waals surface area contributed by atoms with Gasteiger partial charge in [0.25, 0.3) is 0 Å². The smallest absolute Gasteiger partial charge is 0.233 e. The van der Waals surface area contributed by atoms with E-state index in [1.165, 1.54) is 23.1 Å². The summed E-state index contributed by atoms with van der Waals surface area (Å²) in [6, 6.07) is 0. The molecule has 4 nitrogen and oxygen atoms in total. The Hall–Kier alpha value is -1.01. The summed E-state index contributed by atoms with van der Waals surface area (Å²) in [4.78, 5) is 18.0. The summed E-state index contributed by atoms with van der Waals surface area (Å²) < 4.78 is 1.02. The third-order valence-corrected chi connectivity index (χ3v) is 4.63. The van der Waals surface area contributed by atoms with E-state index in [2.05, 4.69) is 11.6 Å². The number of nitrogen functional groups attached to an aromatic ring is 1. The lowest BCUT2D eigenvalue weighted by atomic mass is 10.3. The highest BCUT2D eigenvalue weighted by Crippen LogP contribution is 2.30. The maximum atomic E-state index is 12.0. The lowest BCUT2D eigenvalue weighted by Crippen LogP contribution is -2.33. The van der Waals surface area contributed by atoms with Crippen LogP contribution in [0.15, 0.2) is 16.4 Å². The summed E-state index contributed by atoms with van der Waals surface area (Å²) >= 11 is 2.93. The number of thiazole rings is 1. The predicted octanol–water partition coefficient (Wildman–Crippen LogP) is 2.55. The van der Waals surface area contributed by atoms with Gasteiger partial charge in [-0.1, -0.05) is 23.5 Å². The third kappa shape index (κ3) is 4.34. The highest BCUT2D eigenvalue weighted by molar-refractivity contribution is 8.01. The molecule has 0 aliphatic rings. The standard InChI is InChI=1S/C12H19N3OS2/c1-5-15(6-8(2)3)10(16)7-17-11-9(4)14-12(13)18-11/h2,5-7H2,1,3-4H3,(H2,13,14). The highest BCUT2D eigenvalue weighted by atomic mass is 32.2. The van der Waals surface area contributed by atoms with Crippen LogP contribution in [0.1, 0.15) is 19.5 Å². The molecule has 0 bridgehead atoms. The van der Waals surface area contributed by atoms with E-state index in [9.17, 15) is 4.79 Å². The summed E-state index contributed by atoms with van der Waals surface area (Å²) in [6.07, 6.45) is 0. The lowest BCUT2D eigenvalue weighted by molar-refractivity contribution is -0.127. The molecular weight excluding hydrogens is 266 g/mol. The number of nitrogens with zero attached hydrogens (tertiary/aromatic N) is 2. The molecule has 0 unspecified atom stereocenters. The minimum atomic E-state index is 0.122. The summed E-state index contributed by atoms with van der Waals surface area (Å²) in [5, 5.41) is 0.553. The van der Waals surface area contributed by atoms with Crippen molar-refractivity contribution in [2.75, 3.05) is 24.6 Å². The van der Waals surface area contributed by atoms with Gasteiger partial charge in [0, 0.05) is 13.1 Å². The van der Waals surface area contributed by atoms with Crippen molar-refractivity contribution in [3.63, 3.8) is 0 Å². The van der Waals surface area contributed by atoms with E-state index in [1.807, 2.05) is 20.8 Å². The Morgan fingerprint density at radius 2 is 2.28 bits per heavy atom. The molecular formula is C12H19N3OS2. The maximum absolute atomic E-state index is 12.0. The first kappa shape index (κ1) is 15.0. The van der Waals surface area contributed by atoms with Gasteiger partial charge in [-0.25, -0.2) is 4.98 Å². The van der Waals surface area contributed by atoms with Crippen molar-refractivity contribution in [1.82, 2.24) is 9.88 Å². The molecule has 0 saturated carbocycles. The molecule has 0 radical (unpaired) electrons. The molecule has 1 aromatic heterocycles. The van der Waals surface area contributed by atoms with Crippen molar-refractivity contribution in [3.05, 3.63) is 17.8 Å². The molecule has 0 spiro atoms. The van der Waals surface area contributed by atoms with Crippen LogP contribution in [-0.4, -0.2) is 34.6 Å². The molecule has 1 heterocycles. The Morgan fingerprint density at radius 1 is 1.61 bits per heavy atom. The minimum absolute atomic E-state index is 0.122. The zero-order chi connectivity index (χ0) is 13.7. The second-order valence-electron chi connectivity index (χ2n) is 4.08. The molecule has 6 heteroatoms. The summed E-state index contributed by atoms with van der Waals surface area (Å²) in [6.45, 7) is 11.0. The molecule has 0 aromatic carbocycles. The molecule has 1 amide bonds. The molecule has 100 valence electrons. The van der Waals surface area contributed by atoms with E-state index in [-0.39, 0.29) is 5.91 Å². The zero-order valence-electron chi connectivity index (χ0n) is 11.0. The average molecular weight is 285 g/mol. The van der Waals surface area contributed by atoms with Crippen LogP contribution in [0.25, 0.3) is 0 Å². The summed E-state index contributed by atoms with van der Waals surface area (Å²) in [7, 11) is 0. The fraction of sp³-hybridized carbons (Fsp3) is 0.500. The third-order valence-electron chi connectivity index (χ3n) is 2.29. The number of hydrogen-bond acceptors (Lipinski definition) is 5. The number of carbonyl (C=O) groups is 1. The number of thioether (sulfide) groups is 1. The second-order valence-corrected chi connectivity index (χ2v) is 6.35. The molecule has 1 rings (SSSR count). The fourth-order valence-electron chi connectivity index (χ4n) is 1.46. The van der Waals surface area contributed by atoms with Gasteiger partial charge in [-0.3, -0.25) is 4.79 Å². The number of anilines is 1. The molecule has 18 heavy (non-hydrogen) atoms. The number of carbonyl (C=O) groups excluding carboxylic acids is 1. The zero-order valence-corrected chi connectivity index (χ0v) is 12.7. The predicted molar refractivity (Wildman–Crippen MR) is 79.1 cm³/mol. The van der Waals surface area contributed by atoms with E-state index >= 15 is 0 Å². The molecule has 0 atom stereocenters. The van der Waals surface area contributed by atoms with Gasteiger partial charge in [-0.2, -0.15) is 0 Å². The van der Waals surface area contributed by atoms with E-state index in [4.69, 9.17) is 5.73 Å². The van der Waals surface area contributed by atoms with Crippen LogP contribution in [0, 0.1) is 6.92 Å². The number of likely N-dealkylation sites (N-methyl/N-ethyl adjacent to an activating group) is 1. The number of amides is 1. The van der Waals surface area contributed by atoms with E-state index in [0.29, 0.717) is 24.0 Å². The first-order chi connectivity index (χ1) is 8.43. The Bertz CT molecular complexity index is 443. The molecule has 1 aromatic rings. The van der Waals surface area contributed by atoms with Crippen LogP contribution in [0.2, 0.25) is 0 Å². The first-order valence-electron chi connectivity index (χ1n) is 5.71. The van der Waals surface area contributed by atoms with Gasteiger partial charge >= 0.3 is 0 Å². The number of rotatable bonds is 6. The normalized spacial score (nSPS) is 10.4. The van der Waals surface area contributed by atoms with Crippen LogP contribution in [-0.2, 0) is 4.79 Å². The largest absolute Gasteiger partial charge is 0.375 e. The molecule has 0 aliphatic heterocycles. The Labute approximate surface area is 116 Å². The van der Waals surface area contributed by atoms with Gasteiger partial charge in [-0.05, 0) is 20.8 Å². The van der Waals surface area contributed by atoms with Crippen LogP contribution in [0.3, 0.4) is 0 Å². The van der Waals surface area contributed by atoms with Crippen LogP contribution >= 0.6 is 23.1 Å². The summed E-state index contributed by atoms with van der Waals surface area (Å²) in [5.74, 6) is 0.542. The van der Waals surface area contributed by atoms with Crippen LogP contribution in [0.5, 0.6) is 0 Å². The van der Waals surface area contributed by atoms with Gasteiger partial charge in [0.05, 0.1) is 15.7 Å². The Morgan fingerprint density at radius 3 is 2.72 bits per heavy atom. The molecule has 0 fully saturated rings. The van der Waals surface area contributed by atoms with E-state index in [0.717, 1.165) is 15.5 Å². The number of aromatic nitrogens is 1. The summed E-state index contributed by atoms with van der Waals surface area (Å²) in [5.41, 5.74) is 7.52. The van der Waals surface area contributed by atoms with Crippen molar-refractivity contribution in [2.24, 2.45) is 0 Å². The monoisotopic (exact) mass is 285 g/mol.